The Labute approximate surface area is 107 Å². The van der Waals surface area contributed by atoms with Crippen molar-refractivity contribution in [3.63, 3.8) is 0 Å². The lowest BCUT2D eigenvalue weighted by Gasteiger charge is -2.09. The maximum atomic E-state index is 12.0. The number of nitrogens with two attached hydrogens (primary N) is 1. The third-order valence-corrected chi connectivity index (χ3v) is 2.70. The van der Waals surface area contributed by atoms with Crippen LogP contribution in [-0.2, 0) is 0 Å². The molecule has 0 saturated heterocycles. The van der Waals surface area contributed by atoms with E-state index in [1.54, 1.807) is 13.8 Å². The first-order valence-corrected chi connectivity index (χ1v) is 5.45. The second kappa shape index (κ2) is 4.49. The summed E-state index contributed by atoms with van der Waals surface area (Å²) in [7, 11) is 0. The highest BCUT2D eigenvalue weighted by molar-refractivity contribution is 5.69. The molecule has 2 rings (SSSR count). The number of hydrogen-bond donors (Lipinski definition) is 1. The molecule has 4 nitrogen and oxygen atoms in total. The quantitative estimate of drug-likeness (QED) is 0.854. The van der Waals surface area contributed by atoms with E-state index < -0.39 is 6.36 Å². The van der Waals surface area contributed by atoms with Gasteiger partial charge in [-0.3, -0.25) is 0 Å². The molecule has 0 saturated carbocycles. The van der Waals surface area contributed by atoms with E-state index in [4.69, 9.17) is 5.84 Å². The highest BCUT2D eigenvalue weighted by atomic mass is 19.4. The molecule has 7 heteroatoms. The number of hydrogen-bond acceptors (Lipinski definition) is 3. The van der Waals surface area contributed by atoms with E-state index in [0.29, 0.717) is 5.69 Å². The van der Waals surface area contributed by atoms with Gasteiger partial charge in [0.05, 0.1) is 11.4 Å². The number of nitrogen functional groups attached to an aromatic ring is 1. The molecule has 0 radical (unpaired) electrons. The molecule has 0 atom stereocenters. The zero-order valence-corrected chi connectivity index (χ0v) is 10.3. The van der Waals surface area contributed by atoms with Gasteiger partial charge in [0.15, 0.2) is 0 Å². The molecule has 0 spiro atoms. The number of aryl methyl sites for hydroxylation is 1. The van der Waals surface area contributed by atoms with Crippen molar-refractivity contribution in [1.82, 2.24) is 9.89 Å². The normalized spacial score (nSPS) is 11.6. The smallest absolute Gasteiger partial charge is 0.406 e. The summed E-state index contributed by atoms with van der Waals surface area (Å²) in [5.41, 5.74) is 2.99. The third kappa shape index (κ3) is 2.81. The number of nitrogens with zero attached hydrogens (tertiary/aromatic N) is 2. The van der Waals surface area contributed by atoms with E-state index in [1.165, 1.54) is 29.1 Å². The van der Waals surface area contributed by atoms with Crippen molar-refractivity contribution < 1.29 is 17.9 Å². The largest absolute Gasteiger partial charge is 0.573 e. The Morgan fingerprint density at radius 3 is 2.16 bits per heavy atom. The second-order valence-electron chi connectivity index (χ2n) is 4.06. The fourth-order valence-corrected chi connectivity index (χ4v) is 1.90. The number of rotatable bonds is 2. The van der Waals surface area contributed by atoms with E-state index in [0.717, 1.165) is 16.8 Å². The molecule has 19 heavy (non-hydrogen) atoms. The Kier molecular flexibility index (Phi) is 3.13. The van der Waals surface area contributed by atoms with Crippen LogP contribution in [-0.4, -0.2) is 16.3 Å². The maximum Gasteiger partial charge on any atom is 0.573 e. The van der Waals surface area contributed by atoms with E-state index >= 15 is 0 Å². The second-order valence-corrected chi connectivity index (χ2v) is 4.06. The van der Waals surface area contributed by atoms with Gasteiger partial charge in [0.25, 0.3) is 0 Å². The molecule has 0 aliphatic heterocycles. The maximum absolute atomic E-state index is 12.0. The Bertz CT molecular complexity index is 588. The van der Waals surface area contributed by atoms with Crippen molar-refractivity contribution in [2.24, 2.45) is 0 Å². The Balaban J connectivity index is 2.33. The van der Waals surface area contributed by atoms with Crippen LogP contribution >= 0.6 is 0 Å². The van der Waals surface area contributed by atoms with Crippen LogP contribution in [0.5, 0.6) is 5.75 Å². The molecule has 0 aliphatic rings. The molecule has 0 fully saturated rings. The fraction of sp³-hybridized carbons (Fsp3) is 0.250. The molecule has 2 N–H and O–H groups in total. The Hall–Kier alpha value is -2.18. The van der Waals surface area contributed by atoms with Crippen LogP contribution in [0.4, 0.5) is 13.2 Å². The first-order chi connectivity index (χ1) is 8.78. The summed E-state index contributed by atoms with van der Waals surface area (Å²) in [5, 5.41) is 4.05. The van der Waals surface area contributed by atoms with Crippen molar-refractivity contribution in [3.8, 4) is 16.9 Å². The van der Waals surface area contributed by atoms with Crippen LogP contribution < -0.4 is 10.6 Å². The van der Waals surface area contributed by atoms with Gasteiger partial charge in [-0.15, -0.1) is 13.2 Å². The van der Waals surface area contributed by atoms with Crippen LogP contribution in [0.15, 0.2) is 24.3 Å². The molecular formula is C12H12F3N3O. The minimum Gasteiger partial charge on any atom is -0.406 e. The molecule has 0 aliphatic carbocycles. The van der Waals surface area contributed by atoms with Crippen molar-refractivity contribution in [2.75, 3.05) is 5.84 Å². The van der Waals surface area contributed by atoms with Gasteiger partial charge in [0, 0.05) is 5.56 Å². The molecule has 1 aromatic heterocycles. The highest BCUT2D eigenvalue weighted by Crippen LogP contribution is 2.29. The molecule has 2 aromatic rings. The van der Waals surface area contributed by atoms with E-state index in [1.807, 2.05) is 0 Å². The summed E-state index contributed by atoms with van der Waals surface area (Å²) >= 11 is 0. The monoisotopic (exact) mass is 271 g/mol. The molecule has 0 bridgehead atoms. The summed E-state index contributed by atoms with van der Waals surface area (Å²) in [4.78, 5) is 1.24. The predicted octanol–water partition coefficient (Wildman–Crippen LogP) is 2.78. The summed E-state index contributed by atoms with van der Waals surface area (Å²) in [6.45, 7) is 3.57. The van der Waals surface area contributed by atoms with Crippen LogP contribution in [0, 0.1) is 13.8 Å². The first kappa shape index (κ1) is 13.3. The van der Waals surface area contributed by atoms with Crippen LogP contribution in [0.1, 0.15) is 11.4 Å². The number of aromatic nitrogens is 2. The number of ether oxygens (including phenoxy) is 1. The van der Waals surface area contributed by atoms with Crippen molar-refractivity contribution in [1.29, 1.82) is 0 Å². The molecular weight excluding hydrogens is 259 g/mol. The first-order valence-electron chi connectivity index (χ1n) is 5.45. The van der Waals surface area contributed by atoms with Gasteiger partial charge in [-0.1, -0.05) is 12.1 Å². The van der Waals surface area contributed by atoms with Crippen LogP contribution in [0.25, 0.3) is 11.1 Å². The summed E-state index contributed by atoms with van der Waals surface area (Å²) in [6, 6.07) is 5.60. The summed E-state index contributed by atoms with van der Waals surface area (Å²) in [5.74, 6) is 5.37. The van der Waals surface area contributed by atoms with Crippen molar-refractivity contribution in [3.05, 3.63) is 35.7 Å². The van der Waals surface area contributed by atoms with Crippen LogP contribution in [0.2, 0.25) is 0 Å². The predicted molar refractivity (Wildman–Crippen MR) is 64.0 cm³/mol. The highest BCUT2D eigenvalue weighted by Gasteiger charge is 2.31. The van der Waals surface area contributed by atoms with E-state index in [2.05, 4.69) is 9.84 Å². The lowest BCUT2D eigenvalue weighted by atomic mass is 10.0. The van der Waals surface area contributed by atoms with Gasteiger partial charge in [0.2, 0.25) is 0 Å². The van der Waals surface area contributed by atoms with Gasteiger partial charge < -0.3 is 10.6 Å². The topological polar surface area (TPSA) is 53.1 Å². The van der Waals surface area contributed by atoms with E-state index in [-0.39, 0.29) is 5.75 Å². The van der Waals surface area contributed by atoms with Gasteiger partial charge in [-0.05, 0) is 31.5 Å². The third-order valence-electron chi connectivity index (χ3n) is 2.70. The van der Waals surface area contributed by atoms with Crippen LogP contribution in [0.3, 0.4) is 0 Å². The summed E-state index contributed by atoms with van der Waals surface area (Å²) < 4.78 is 39.9. The SMILES string of the molecule is Cc1nn(N)c(C)c1-c1ccc(OC(F)(F)F)cc1. The zero-order valence-electron chi connectivity index (χ0n) is 10.3. The fourth-order valence-electron chi connectivity index (χ4n) is 1.90. The summed E-state index contributed by atoms with van der Waals surface area (Å²) in [6.07, 6.45) is -4.69. The van der Waals surface area contributed by atoms with Crippen molar-refractivity contribution >= 4 is 0 Å². The standard InChI is InChI=1S/C12H12F3N3O/c1-7-11(8(2)18(16)17-7)9-3-5-10(6-4-9)19-12(13,14)15/h3-6H,16H2,1-2H3. The van der Waals surface area contributed by atoms with Crippen molar-refractivity contribution in [2.45, 2.75) is 20.2 Å². The lowest BCUT2D eigenvalue weighted by molar-refractivity contribution is -0.274. The number of benzene rings is 1. The molecule has 0 amide bonds. The minimum atomic E-state index is -4.69. The molecule has 1 heterocycles. The Morgan fingerprint density at radius 1 is 1.16 bits per heavy atom. The van der Waals surface area contributed by atoms with Gasteiger partial charge in [0.1, 0.15) is 5.75 Å². The molecule has 102 valence electrons. The Morgan fingerprint density at radius 2 is 1.74 bits per heavy atom. The molecule has 1 aromatic carbocycles. The van der Waals surface area contributed by atoms with Gasteiger partial charge in [-0.2, -0.15) is 9.89 Å². The number of halogens is 3. The van der Waals surface area contributed by atoms with E-state index in [9.17, 15) is 13.2 Å². The average molecular weight is 271 g/mol. The lowest BCUT2D eigenvalue weighted by Crippen LogP contribution is -2.16. The number of alkyl halides is 3. The van der Waals surface area contributed by atoms with Gasteiger partial charge >= 0.3 is 6.36 Å². The molecule has 0 unspecified atom stereocenters. The zero-order chi connectivity index (χ0) is 14.2. The average Bonchev–Trinajstić information content (AvgIpc) is 2.53. The minimum absolute atomic E-state index is 0.258. The van der Waals surface area contributed by atoms with Gasteiger partial charge in [-0.25, -0.2) is 0 Å².